The summed E-state index contributed by atoms with van der Waals surface area (Å²) in [6.45, 7) is 5.49. The van der Waals surface area contributed by atoms with Gasteiger partial charge in [-0.2, -0.15) is 0 Å². The Balaban J connectivity index is 3.28. The van der Waals surface area contributed by atoms with E-state index in [9.17, 15) is 4.39 Å². The highest BCUT2D eigenvalue weighted by molar-refractivity contribution is 6.29. The summed E-state index contributed by atoms with van der Waals surface area (Å²) >= 11 is 5.69. The molecule has 0 saturated heterocycles. The standard InChI is InChI=1S/C10H15ClFN3/c1-6-7(12)8(11)14-9(13-6)10(2,3)15(4)5/h1-5H3. The molecule has 0 N–H and O–H groups in total. The molecule has 84 valence electrons. The summed E-state index contributed by atoms with van der Waals surface area (Å²) < 4.78 is 13.2. The fraction of sp³-hybridized carbons (Fsp3) is 0.600. The van der Waals surface area contributed by atoms with Gasteiger partial charge >= 0.3 is 0 Å². The van der Waals surface area contributed by atoms with Gasteiger partial charge in [-0.05, 0) is 34.9 Å². The molecule has 5 heteroatoms. The summed E-state index contributed by atoms with van der Waals surface area (Å²) in [5.74, 6) is -0.0219. The number of hydrogen-bond acceptors (Lipinski definition) is 3. The molecule has 0 aromatic carbocycles. The number of rotatable bonds is 2. The Labute approximate surface area is 94.3 Å². The highest BCUT2D eigenvalue weighted by atomic mass is 35.5. The van der Waals surface area contributed by atoms with E-state index in [1.54, 1.807) is 6.92 Å². The van der Waals surface area contributed by atoms with Crippen molar-refractivity contribution in [2.24, 2.45) is 0 Å². The molecule has 1 aromatic rings. The van der Waals surface area contributed by atoms with Crippen LogP contribution in [0.5, 0.6) is 0 Å². The van der Waals surface area contributed by atoms with Crippen LogP contribution < -0.4 is 0 Å². The van der Waals surface area contributed by atoms with Crippen LogP contribution in [0, 0.1) is 12.7 Å². The van der Waals surface area contributed by atoms with E-state index >= 15 is 0 Å². The topological polar surface area (TPSA) is 29.0 Å². The maximum absolute atomic E-state index is 13.2. The molecule has 0 saturated carbocycles. The predicted molar refractivity (Wildman–Crippen MR) is 58.5 cm³/mol. The van der Waals surface area contributed by atoms with Crippen LogP contribution in [0.3, 0.4) is 0 Å². The molecule has 15 heavy (non-hydrogen) atoms. The third-order valence-electron chi connectivity index (χ3n) is 2.64. The van der Waals surface area contributed by atoms with Gasteiger partial charge in [0.2, 0.25) is 0 Å². The molecule has 1 rings (SSSR count). The molecule has 0 aliphatic carbocycles. The van der Waals surface area contributed by atoms with Gasteiger partial charge in [0.15, 0.2) is 11.0 Å². The molecular weight excluding hydrogens is 217 g/mol. The van der Waals surface area contributed by atoms with E-state index in [1.807, 2.05) is 32.8 Å². The number of hydrogen-bond donors (Lipinski definition) is 0. The Morgan fingerprint density at radius 2 is 1.80 bits per heavy atom. The molecule has 0 aliphatic rings. The maximum Gasteiger partial charge on any atom is 0.181 e. The van der Waals surface area contributed by atoms with Crippen molar-refractivity contribution in [3.05, 3.63) is 22.5 Å². The van der Waals surface area contributed by atoms with Crippen molar-refractivity contribution in [3.8, 4) is 0 Å². The molecule has 3 nitrogen and oxygen atoms in total. The normalized spacial score (nSPS) is 12.3. The lowest BCUT2D eigenvalue weighted by molar-refractivity contribution is 0.184. The van der Waals surface area contributed by atoms with Gasteiger partial charge in [0, 0.05) is 0 Å². The average molecular weight is 232 g/mol. The summed E-state index contributed by atoms with van der Waals surface area (Å²) in [6, 6.07) is 0. The minimum absolute atomic E-state index is 0.118. The van der Waals surface area contributed by atoms with E-state index in [4.69, 9.17) is 11.6 Å². The second-order valence-electron chi connectivity index (χ2n) is 4.19. The van der Waals surface area contributed by atoms with Crippen LogP contribution in [-0.2, 0) is 5.54 Å². The van der Waals surface area contributed by atoms with Gasteiger partial charge in [-0.25, -0.2) is 14.4 Å². The number of halogens is 2. The van der Waals surface area contributed by atoms with Gasteiger partial charge in [0.25, 0.3) is 0 Å². The average Bonchev–Trinajstić information content (AvgIpc) is 2.13. The van der Waals surface area contributed by atoms with Crippen molar-refractivity contribution in [1.29, 1.82) is 0 Å². The van der Waals surface area contributed by atoms with Crippen molar-refractivity contribution in [1.82, 2.24) is 14.9 Å². The first kappa shape index (κ1) is 12.3. The van der Waals surface area contributed by atoms with Gasteiger partial charge in [0.05, 0.1) is 11.2 Å². The van der Waals surface area contributed by atoms with E-state index in [-0.39, 0.29) is 16.4 Å². The van der Waals surface area contributed by atoms with E-state index in [2.05, 4.69) is 9.97 Å². The number of aromatic nitrogens is 2. The fourth-order valence-electron chi connectivity index (χ4n) is 0.998. The van der Waals surface area contributed by atoms with Crippen LogP contribution in [0.4, 0.5) is 4.39 Å². The summed E-state index contributed by atoms with van der Waals surface area (Å²) in [6.07, 6.45) is 0. The van der Waals surface area contributed by atoms with Crippen molar-refractivity contribution < 1.29 is 4.39 Å². The van der Waals surface area contributed by atoms with Crippen LogP contribution in [0.25, 0.3) is 0 Å². The quantitative estimate of drug-likeness (QED) is 0.732. The minimum Gasteiger partial charge on any atom is -0.298 e. The fourth-order valence-corrected chi connectivity index (χ4v) is 1.21. The van der Waals surface area contributed by atoms with Gasteiger partial charge in [-0.3, -0.25) is 4.90 Å². The second kappa shape index (κ2) is 4.02. The van der Waals surface area contributed by atoms with Crippen molar-refractivity contribution >= 4 is 11.6 Å². The monoisotopic (exact) mass is 231 g/mol. The Morgan fingerprint density at radius 1 is 1.27 bits per heavy atom. The lowest BCUT2D eigenvalue weighted by Crippen LogP contribution is -2.37. The third-order valence-corrected chi connectivity index (χ3v) is 2.89. The number of nitrogens with zero attached hydrogens (tertiary/aromatic N) is 3. The summed E-state index contributed by atoms with van der Waals surface area (Å²) in [5.41, 5.74) is -0.0952. The largest absolute Gasteiger partial charge is 0.298 e. The Kier molecular flexibility index (Phi) is 3.31. The summed E-state index contributed by atoms with van der Waals surface area (Å²) in [7, 11) is 3.83. The van der Waals surface area contributed by atoms with Crippen LogP contribution in [0.15, 0.2) is 0 Å². The first-order valence-corrected chi connectivity index (χ1v) is 5.02. The summed E-state index contributed by atoms with van der Waals surface area (Å²) in [5, 5.41) is -0.118. The molecular formula is C10H15ClFN3. The molecule has 0 aliphatic heterocycles. The smallest absolute Gasteiger partial charge is 0.181 e. The first-order chi connectivity index (χ1) is 6.76. The highest BCUT2D eigenvalue weighted by Gasteiger charge is 2.28. The zero-order valence-electron chi connectivity index (χ0n) is 9.60. The van der Waals surface area contributed by atoms with Crippen molar-refractivity contribution in [2.75, 3.05) is 14.1 Å². The molecule has 1 aromatic heterocycles. The molecule has 0 spiro atoms. The van der Waals surface area contributed by atoms with Gasteiger partial charge in [-0.15, -0.1) is 0 Å². The maximum atomic E-state index is 13.2. The zero-order valence-corrected chi connectivity index (χ0v) is 10.4. The lowest BCUT2D eigenvalue weighted by Gasteiger charge is -2.31. The minimum atomic E-state index is -0.546. The van der Waals surface area contributed by atoms with E-state index in [1.165, 1.54) is 0 Å². The Hall–Kier alpha value is -0.740. The van der Waals surface area contributed by atoms with Crippen molar-refractivity contribution in [2.45, 2.75) is 26.3 Å². The van der Waals surface area contributed by atoms with Crippen LogP contribution in [-0.4, -0.2) is 29.0 Å². The molecule has 0 radical (unpaired) electrons. The lowest BCUT2D eigenvalue weighted by atomic mass is 10.0. The van der Waals surface area contributed by atoms with Crippen LogP contribution >= 0.6 is 11.6 Å². The van der Waals surface area contributed by atoms with Crippen LogP contribution in [0.1, 0.15) is 25.4 Å². The molecule has 0 amide bonds. The third kappa shape index (κ3) is 2.26. The molecule has 0 fully saturated rings. The Bertz CT molecular complexity index is 354. The highest BCUT2D eigenvalue weighted by Crippen LogP contribution is 2.24. The van der Waals surface area contributed by atoms with E-state index in [0.29, 0.717) is 5.82 Å². The van der Waals surface area contributed by atoms with E-state index < -0.39 is 5.82 Å². The first-order valence-electron chi connectivity index (χ1n) is 4.64. The number of aryl methyl sites for hydroxylation is 1. The van der Waals surface area contributed by atoms with Crippen molar-refractivity contribution in [3.63, 3.8) is 0 Å². The van der Waals surface area contributed by atoms with Gasteiger partial charge < -0.3 is 0 Å². The molecule has 0 unspecified atom stereocenters. The SMILES string of the molecule is Cc1nc(C(C)(C)N(C)C)nc(Cl)c1F. The predicted octanol–water partition coefficient (Wildman–Crippen LogP) is 2.37. The zero-order chi connectivity index (χ0) is 11.8. The van der Waals surface area contributed by atoms with Gasteiger partial charge in [0.1, 0.15) is 5.82 Å². The van der Waals surface area contributed by atoms with Crippen LogP contribution in [0.2, 0.25) is 5.15 Å². The molecule has 0 bridgehead atoms. The summed E-state index contributed by atoms with van der Waals surface area (Å²) in [4.78, 5) is 10.0. The molecule has 1 heterocycles. The van der Waals surface area contributed by atoms with Gasteiger partial charge in [-0.1, -0.05) is 11.6 Å². The Morgan fingerprint density at radius 3 is 2.20 bits per heavy atom. The molecule has 0 atom stereocenters. The van der Waals surface area contributed by atoms with E-state index in [0.717, 1.165) is 0 Å². The second-order valence-corrected chi connectivity index (χ2v) is 4.55.